The van der Waals surface area contributed by atoms with Crippen LogP contribution >= 0.6 is 11.5 Å². The van der Waals surface area contributed by atoms with Crippen LogP contribution in [0.25, 0.3) is 10.1 Å². The maximum Gasteiger partial charge on any atom is 0.340 e. The number of aromatic nitrogens is 1. The molecule has 1 heterocycles. The Hall–Kier alpha value is -2.47. The summed E-state index contributed by atoms with van der Waals surface area (Å²) in [6.45, 7) is 7.25. The minimum absolute atomic E-state index is 0.302. The SMILES string of the molecule is Cc1ccc(Nc2c(C(=O)OC(C)(C)C)ccc3cnsc23)c(F)c1. The third-order valence-electron chi connectivity index (χ3n) is 3.53. The molecule has 0 radical (unpaired) electrons. The van der Waals surface area contributed by atoms with Gasteiger partial charge in [-0.1, -0.05) is 12.1 Å². The first kappa shape index (κ1) is 17.4. The van der Waals surface area contributed by atoms with E-state index in [0.717, 1.165) is 15.6 Å². The van der Waals surface area contributed by atoms with Crippen LogP contribution in [0.3, 0.4) is 0 Å². The molecule has 0 aliphatic rings. The van der Waals surface area contributed by atoms with Crippen LogP contribution in [0.1, 0.15) is 36.7 Å². The van der Waals surface area contributed by atoms with Crippen molar-refractivity contribution in [3.8, 4) is 0 Å². The Morgan fingerprint density at radius 3 is 2.68 bits per heavy atom. The summed E-state index contributed by atoms with van der Waals surface area (Å²) in [7, 11) is 0. The van der Waals surface area contributed by atoms with Crippen molar-refractivity contribution in [3.63, 3.8) is 0 Å². The zero-order valence-corrected chi connectivity index (χ0v) is 15.3. The number of esters is 1. The van der Waals surface area contributed by atoms with Crippen molar-refractivity contribution in [2.45, 2.75) is 33.3 Å². The van der Waals surface area contributed by atoms with Gasteiger partial charge in [-0.05, 0) is 63.0 Å². The van der Waals surface area contributed by atoms with Crippen molar-refractivity contribution in [1.82, 2.24) is 4.37 Å². The molecule has 0 atom stereocenters. The quantitative estimate of drug-likeness (QED) is 0.633. The first-order valence-electron chi connectivity index (χ1n) is 7.88. The fourth-order valence-electron chi connectivity index (χ4n) is 2.42. The Morgan fingerprint density at radius 2 is 2.00 bits per heavy atom. The second-order valence-corrected chi connectivity index (χ2v) is 7.64. The highest BCUT2D eigenvalue weighted by Crippen LogP contribution is 2.34. The van der Waals surface area contributed by atoms with E-state index in [1.807, 2.05) is 39.8 Å². The van der Waals surface area contributed by atoms with Crippen molar-refractivity contribution in [3.05, 3.63) is 53.5 Å². The number of fused-ring (bicyclic) bond motifs is 1. The molecular formula is C19H19FN2O2S. The minimum atomic E-state index is -0.619. The van der Waals surface area contributed by atoms with Gasteiger partial charge in [-0.15, -0.1) is 0 Å². The molecule has 1 aromatic heterocycles. The molecule has 2 aromatic carbocycles. The monoisotopic (exact) mass is 358 g/mol. The predicted octanol–water partition coefficient (Wildman–Crippen LogP) is 5.44. The van der Waals surface area contributed by atoms with Crippen molar-refractivity contribution in [2.75, 3.05) is 5.32 Å². The third-order valence-corrected chi connectivity index (χ3v) is 4.36. The van der Waals surface area contributed by atoms with Crippen molar-refractivity contribution < 1.29 is 13.9 Å². The lowest BCUT2D eigenvalue weighted by atomic mass is 10.1. The Labute approximate surface area is 149 Å². The zero-order valence-electron chi connectivity index (χ0n) is 14.5. The molecule has 0 amide bonds. The molecule has 3 rings (SSSR count). The molecule has 1 N–H and O–H groups in total. The number of hydrogen-bond donors (Lipinski definition) is 1. The summed E-state index contributed by atoms with van der Waals surface area (Å²) in [5, 5.41) is 3.94. The van der Waals surface area contributed by atoms with Crippen LogP contribution in [0.15, 0.2) is 36.5 Å². The first-order chi connectivity index (χ1) is 11.7. The van der Waals surface area contributed by atoms with E-state index in [-0.39, 0.29) is 5.82 Å². The number of anilines is 2. The van der Waals surface area contributed by atoms with E-state index < -0.39 is 11.6 Å². The van der Waals surface area contributed by atoms with Gasteiger partial charge in [-0.25, -0.2) is 9.18 Å². The normalized spacial score (nSPS) is 11.6. The second-order valence-electron chi connectivity index (χ2n) is 6.84. The highest BCUT2D eigenvalue weighted by Gasteiger charge is 2.23. The molecule has 4 nitrogen and oxygen atoms in total. The van der Waals surface area contributed by atoms with E-state index >= 15 is 0 Å². The summed E-state index contributed by atoms with van der Waals surface area (Å²) in [5.74, 6) is -0.838. The lowest BCUT2D eigenvalue weighted by Crippen LogP contribution is -2.24. The molecule has 6 heteroatoms. The molecule has 130 valence electrons. The third kappa shape index (κ3) is 3.79. The second kappa shape index (κ2) is 6.44. The maximum absolute atomic E-state index is 14.3. The smallest absolute Gasteiger partial charge is 0.340 e. The number of aryl methyl sites for hydroxylation is 1. The van der Waals surface area contributed by atoms with Gasteiger partial charge in [0.1, 0.15) is 11.4 Å². The summed E-state index contributed by atoms with van der Waals surface area (Å²) in [4.78, 5) is 12.6. The number of hydrogen-bond acceptors (Lipinski definition) is 5. The van der Waals surface area contributed by atoms with Crippen LogP contribution in [-0.4, -0.2) is 15.9 Å². The fraction of sp³-hybridized carbons (Fsp3) is 0.263. The molecule has 25 heavy (non-hydrogen) atoms. The number of carbonyl (C=O) groups is 1. The van der Waals surface area contributed by atoms with Gasteiger partial charge in [0.2, 0.25) is 0 Å². The topological polar surface area (TPSA) is 51.2 Å². The van der Waals surface area contributed by atoms with Gasteiger partial charge in [0.25, 0.3) is 0 Å². The average molecular weight is 358 g/mol. The number of ether oxygens (including phenoxy) is 1. The first-order valence-corrected chi connectivity index (χ1v) is 8.66. The number of rotatable bonds is 3. The Morgan fingerprint density at radius 1 is 1.24 bits per heavy atom. The van der Waals surface area contributed by atoms with Crippen LogP contribution in [0, 0.1) is 12.7 Å². The largest absolute Gasteiger partial charge is 0.456 e. The molecule has 0 aliphatic carbocycles. The van der Waals surface area contributed by atoms with Gasteiger partial charge < -0.3 is 10.1 Å². The summed E-state index contributed by atoms with van der Waals surface area (Å²) >= 11 is 1.25. The van der Waals surface area contributed by atoms with E-state index in [9.17, 15) is 9.18 Å². The Kier molecular flexibility index (Phi) is 4.47. The predicted molar refractivity (Wildman–Crippen MR) is 99.2 cm³/mol. The summed E-state index contributed by atoms with van der Waals surface area (Å²) in [5.41, 5.74) is 1.37. The highest BCUT2D eigenvalue weighted by molar-refractivity contribution is 7.14. The van der Waals surface area contributed by atoms with E-state index in [1.165, 1.54) is 17.6 Å². The lowest BCUT2D eigenvalue weighted by molar-refractivity contribution is 0.00709. The molecule has 0 bridgehead atoms. The Bertz CT molecular complexity index is 944. The van der Waals surface area contributed by atoms with E-state index in [0.29, 0.717) is 16.9 Å². The summed E-state index contributed by atoms with van der Waals surface area (Å²) in [6.07, 6.45) is 1.72. The molecule has 0 fully saturated rings. The molecule has 3 aromatic rings. The summed E-state index contributed by atoms with van der Waals surface area (Å²) < 4.78 is 24.7. The van der Waals surface area contributed by atoms with E-state index in [4.69, 9.17) is 4.74 Å². The van der Waals surface area contributed by atoms with Crippen molar-refractivity contribution in [2.24, 2.45) is 0 Å². The number of carbonyl (C=O) groups excluding carboxylic acids is 1. The maximum atomic E-state index is 14.3. The Balaban J connectivity index is 2.09. The van der Waals surface area contributed by atoms with Gasteiger partial charge in [0.05, 0.1) is 21.6 Å². The number of halogens is 1. The number of nitrogens with zero attached hydrogens (tertiary/aromatic N) is 1. The molecule has 0 aliphatic heterocycles. The molecule has 0 saturated carbocycles. The minimum Gasteiger partial charge on any atom is -0.456 e. The van der Waals surface area contributed by atoms with Crippen LogP contribution in [0.5, 0.6) is 0 Å². The van der Waals surface area contributed by atoms with E-state index in [1.54, 1.807) is 18.3 Å². The number of nitrogens with one attached hydrogen (secondary N) is 1. The molecule has 0 spiro atoms. The van der Waals surface area contributed by atoms with Gasteiger partial charge in [0.15, 0.2) is 0 Å². The van der Waals surface area contributed by atoms with Crippen molar-refractivity contribution in [1.29, 1.82) is 0 Å². The van der Waals surface area contributed by atoms with Crippen LogP contribution in [-0.2, 0) is 4.74 Å². The molecule has 0 saturated heterocycles. The van der Waals surface area contributed by atoms with Crippen LogP contribution in [0.4, 0.5) is 15.8 Å². The standard InChI is InChI=1S/C19H19FN2O2S/c1-11-5-8-15(14(20)9-11)22-16-13(18(23)24-19(2,3)4)7-6-12-10-21-25-17(12)16/h5-10,22H,1-4H3. The van der Waals surface area contributed by atoms with Gasteiger partial charge in [-0.3, -0.25) is 0 Å². The summed E-state index contributed by atoms with van der Waals surface area (Å²) in [6, 6.07) is 8.41. The lowest BCUT2D eigenvalue weighted by Gasteiger charge is -2.21. The fourth-order valence-corrected chi connectivity index (χ4v) is 3.17. The average Bonchev–Trinajstić information content (AvgIpc) is 2.97. The highest BCUT2D eigenvalue weighted by atomic mass is 32.1. The van der Waals surface area contributed by atoms with Gasteiger partial charge in [0, 0.05) is 11.6 Å². The van der Waals surface area contributed by atoms with Gasteiger partial charge >= 0.3 is 5.97 Å². The zero-order chi connectivity index (χ0) is 18.2. The van der Waals surface area contributed by atoms with Crippen LogP contribution < -0.4 is 5.32 Å². The van der Waals surface area contributed by atoms with Crippen molar-refractivity contribution >= 4 is 39.0 Å². The van der Waals surface area contributed by atoms with Gasteiger partial charge in [-0.2, -0.15) is 4.37 Å². The van der Waals surface area contributed by atoms with Crippen LogP contribution in [0.2, 0.25) is 0 Å². The number of benzene rings is 2. The van der Waals surface area contributed by atoms with E-state index in [2.05, 4.69) is 9.69 Å². The molecule has 0 unspecified atom stereocenters. The molecular weight excluding hydrogens is 339 g/mol.